The summed E-state index contributed by atoms with van der Waals surface area (Å²) in [7, 11) is 1.68. The molecule has 0 saturated heterocycles. The Labute approximate surface area is 102 Å². The Morgan fingerprint density at radius 2 is 1.88 bits per heavy atom. The average molecular weight is 222 g/mol. The van der Waals surface area contributed by atoms with Crippen molar-refractivity contribution in [1.82, 2.24) is 0 Å². The fourth-order valence-electron chi connectivity index (χ4n) is 1.91. The molecule has 0 saturated carbocycles. The number of methoxy groups -OCH3 is 1. The van der Waals surface area contributed by atoms with Crippen LogP contribution in [0.3, 0.4) is 0 Å². The summed E-state index contributed by atoms with van der Waals surface area (Å²) in [6, 6.07) is 14.0. The third kappa shape index (κ3) is 2.16. The van der Waals surface area contributed by atoms with Gasteiger partial charge in [-0.1, -0.05) is 30.2 Å². The Morgan fingerprint density at radius 3 is 2.53 bits per heavy atom. The van der Waals surface area contributed by atoms with Crippen molar-refractivity contribution in [3.8, 4) is 29.2 Å². The zero-order valence-electron chi connectivity index (χ0n) is 10.0. The molecule has 0 heterocycles. The van der Waals surface area contributed by atoms with E-state index in [1.165, 1.54) is 0 Å². The highest BCUT2D eigenvalue weighted by molar-refractivity contribution is 5.72. The topological polar surface area (TPSA) is 9.23 Å². The van der Waals surface area contributed by atoms with Gasteiger partial charge in [-0.05, 0) is 41.8 Å². The van der Waals surface area contributed by atoms with Gasteiger partial charge in [0.1, 0.15) is 5.75 Å². The van der Waals surface area contributed by atoms with Crippen LogP contribution in [0.5, 0.6) is 5.75 Å². The molecule has 0 atom stereocenters. The van der Waals surface area contributed by atoms with Crippen LogP contribution in [0.25, 0.3) is 11.1 Å². The molecule has 0 fully saturated rings. The molecular formula is C16H14O. The number of hydrogen-bond donors (Lipinski definition) is 0. The van der Waals surface area contributed by atoms with E-state index in [1.54, 1.807) is 7.11 Å². The van der Waals surface area contributed by atoms with Crippen LogP contribution in [-0.2, 0) is 0 Å². The van der Waals surface area contributed by atoms with Crippen LogP contribution in [0, 0.1) is 19.3 Å². The van der Waals surface area contributed by atoms with Gasteiger partial charge in [-0.2, -0.15) is 0 Å². The molecule has 0 N–H and O–H groups in total. The molecule has 0 aromatic heterocycles. The quantitative estimate of drug-likeness (QED) is 0.705. The predicted molar refractivity (Wildman–Crippen MR) is 71.1 cm³/mol. The van der Waals surface area contributed by atoms with Gasteiger partial charge in [-0.15, -0.1) is 6.42 Å². The number of rotatable bonds is 2. The molecule has 1 nitrogen and oxygen atoms in total. The van der Waals surface area contributed by atoms with Crippen LogP contribution in [0.15, 0.2) is 42.5 Å². The molecule has 2 aromatic carbocycles. The lowest BCUT2D eigenvalue weighted by molar-refractivity contribution is 0.412. The van der Waals surface area contributed by atoms with E-state index >= 15 is 0 Å². The Kier molecular flexibility index (Phi) is 3.16. The number of aryl methyl sites for hydroxylation is 1. The lowest BCUT2D eigenvalue weighted by Crippen LogP contribution is -1.89. The normalized spacial score (nSPS) is 9.71. The summed E-state index contributed by atoms with van der Waals surface area (Å²) in [6.45, 7) is 2.03. The molecule has 1 heteroatoms. The highest BCUT2D eigenvalue weighted by Gasteiger charge is 2.05. The fraction of sp³-hybridized carbons (Fsp3) is 0.125. The Morgan fingerprint density at radius 1 is 1.12 bits per heavy atom. The molecule has 17 heavy (non-hydrogen) atoms. The van der Waals surface area contributed by atoms with Crippen molar-refractivity contribution in [3.05, 3.63) is 53.6 Å². The molecule has 2 rings (SSSR count). The maximum absolute atomic E-state index is 5.51. The molecule has 2 aromatic rings. The first kappa shape index (κ1) is 11.3. The van der Waals surface area contributed by atoms with E-state index in [0.717, 1.165) is 28.0 Å². The summed E-state index contributed by atoms with van der Waals surface area (Å²) in [5.74, 6) is 3.61. The molecule has 0 amide bonds. The smallest absolute Gasteiger partial charge is 0.121 e. The van der Waals surface area contributed by atoms with E-state index in [9.17, 15) is 0 Å². The first-order chi connectivity index (χ1) is 8.26. The van der Waals surface area contributed by atoms with E-state index in [0.29, 0.717) is 0 Å². The van der Waals surface area contributed by atoms with E-state index < -0.39 is 0 Å². The standard InChI is InChI=1S/C16H14O/c1-4-13-7-5-6-8-15(13)14-9-10-16(17-3)12(2)11-14/h1,5-11H,2-3H3. The minimum Gasteiger partial charge on any atom is -0.496 e. The predicted octanol–water partition coefficient (Wildman–Crippen LogP) is 3.65. The number of ether oxygens (including phenoxy) is 1. The van der Waals surface area contributed by atoms with Crippen LogP contribution in [-0.4, -0.2) is 7.11 Å². The molecule has 0 bridgehead atoms. The molecule has 0 unspecified atom stereocenters. The highest BCUT2D eigenvalue weighted by Crippen LogP contribution is 2.27. The number of hydrogen-bond acceptors (Lipinski definition) is 1. The van der Waals surface area contributed by atoms with E-state index in [1.807, 2.05) is 43.3 Å². The van der Waals surface area contributed by atoms with Crippen molar-refractivity contribution in [2.24, 2.45) is 0 Å². The van der Waals surface area contributed by atoms with Crippen LogP contribution in [0.2, 0.25) is 0 Å². The number of terminal acetylenes is 1. The first-order valence-electron chi connectivity index (χ1n) is 5.47. The second-order valence-electron chi connectivity index (χ2n) is 3.87. The molecule has 0 aliphatic heterocycles. The largest absolute Gasteiger partial charge is 0.496 e. The third-order valence-corrected chi connectivity index (χ3v) is 2.79. The van der Waals surface area contributed by atoms with Gasteiger partial charge in [0.2, 0.25) is 0 Å². The zero-order chi connectivity index (χ0) is 12.3. The summed E-state index contributed by atoms with van der Waals surface area (Å²) in [4.78, 5) is 0. The van der Waals surface area contributed by atoms with Crippen molar-refractivity contribution in [2.45, 2.75) is 6.92 Å². The molecule has 0 spiro atoms. The first-order valence-corrected chi connectivity index (χ1v) is 5.47. The summed E-state index contributed by atoms with van der Waals surface area (Å²) in [6.07, 6.45) is 5.51. The molecule has 0 aliphatic carbocycles. The SMILES string of the molecule is C#Cc1ccccc1-c1ccc(OC)c(C)c1. The molecule has 0 aliphatic rings. The highest BCUT2D eigenvalue weighted by atomic mass is 16.5. The molecule has 0 radical (unpaired) electrons. The summed E-state index contributed by atoms with van der Waals surface area (Å²) in [5.41, 5.74) is 4.23. The zero-order valence-corrected chi connectivity index (χ0v) is 10.0. The van der Waals surface area contributed by atoms with Gasteiger partial charge in [0, 0.05) is 5.56 Å². The van der Waals surface area contributed by atoms with Crippen molar-refractivity contribution in [3.63, 3.8) is 0 Å². The monoisotopic (exact) mass is 222 g/mol. The van der Waals surface area contributed by atoms with Crippen molar-refractivity contribution in [2.75, 3.05) is 7.11 Å². The van der Waals surface area contributed by atoms with E-state index in [4.69, 9.17) is 11.2 Å². The van der Waals surface area contributed by atoms with Crippen molar-refractivity contribution in [1.29, 1.82) is 0 Å². The van der Waals surface area contributed by atoms with Crippen LogP contribution in [0.1, 0.15) is 11.1 Å². The minimum absolute atomic E-state index is 0.895. The third-order valence-electron chi connectivity index (χ3n) is 2.79. The van der Waals surface area contributed by atoms with Crippen molar-refractivity contribution >= 4 is 0 Å². The second-order valence-corrected chi connectivity index (χ2v) is 3.87. The van der Waals surface area contributed by atoms with Crippen LogP contribution in [0.4, 0.5) is 0 Å². The van der Waals surface area contributed by atoms with Gasteiger partial charge in [0.25, 0.3) is 0 Å². The van der Waals surface area contributed by atoms with Gasteiger partial charge in [-0.3, -0.25) is 0 Å². The molecular weight excluding hydrogens is 208 g/mol. The van der Waals surface area contributed by atoms with Gasteiger partial charge in [-0.25, -0.2) is 0 Å². The fourth-order valence-corrected chi connectivity index (χ4v) is 1.91. The maximum Gasteiger partial charge on any atom is 0.121 e. The van der Waals surface area contributed by atoms with Crippen LogP contribution >= 0.6 is 0 Å². The summed E-state index contributed by atoms with van der Waals surface area (Å²) >= 11 is 0. The Balaban J connectivity index is 2.54. The molecule has 84 valence electrons. The van der Waals surface area contributed by atoms with Gasteiger partial charge >= 0.3 is 0 Å². The second kappa shape index (κ2) is 4.76. The average Bonchev–Trinajstić information content (AvgIpc) is 2.38. The van der Waals surface area contributed by atoms with Gasteiger partial charge in [0.05, 0.1) is 7.11 Å². The summed E-state index contributed by atoms with van der Waals surface area (Å²) in [5, 5.41) is 0. The number of benzene rings is 2. The Hall–Kier alpha value is -2.20. The summed E-state index contributed by atoms with van der Waals surface area (Å²) < 4.78 is 5.25. The van der Waals surface area contributed by atoms with Gasteiger partial charge in [0.15, 0.2) is 0 Å². The maximum atomic E-state index is 5.51. The lowest BCUT2D eigenvalue weighted by Gasteiger charge is -2.09. The minimum atomic E-state index is 0.895. The lowest BCUT2D eigenvalue weighted by atomic mass is 9.98. The van der Waals surface area contributed by atoms with E-state index in [-0.39, 0.29) is 0 Å². The van der Waals surface area contributed by atoms with Crippen LogP contribution < -0.4 is 4.74 Å². The van der Waals surface area contributed by atoms with E-state index in [2.05, 4.69) is 12.0 Å². The van der Waals surface area contributed by atoms with Crippen molar-refractivity contribution < 1.29 is 4.74 Å². The Bertz CT molecular complexity index is 576. The van der Waals surface area contributed by atoms with Gasteiger partial charge < -0.3 is 4.74 Å².